The second-order valence-electron chi connectivity index (χ2n) is 5.49. The number of hydrogen-bond donors (Lipinski definition) is 0. The second kappa shape index (κ2) is 4.27. The highest BCUT2D eigenvalue weighted by Gasteiger charge is 2.32. The van der Waals surface area contributed by atoms with Crippen molar-refractivity contribution in [3.63, 3.8) is 0 Å². The van der Waals surface area contributed by atoms with E-state index in [4.69, 9.17) is 0 Å². The highest BCUT2D eigenvalue weighted by molar-refractivity contribution is 6.16. The van der Waals surface area contributed by atoms with Crippen LogP contribution in [0.15, 0.2) is 47.3 Å². The fourth-order valence-corrected chi connectivity index (χ4v) is 2.94. The molecule has 1 aliphatic rings. The zero-order valence-electron chi connectivity index (χ0n) is 12.2. The lowest BCUT2D eigenvalue weighted by Gasteiger charge is -2.15. The summed E-state index contributed by atoms with van der Waals surface area (Å²) in [6, 6.07) is 12.6. The Kier molecular flexibility index (Phi) is 2.48. The predicted molar refractivity (Wildman–Crippen MR) is 85.1 cm³/mol. The normalized spacial score (nSPS) is 12.4. The van der Waals surface area contributed by atoms with Gasteiger partial charge < -0.3 is 4.90 Å². The Hall–Kier alpha value is -2.95. The van der Waals surface area contributed by atoms with Gasteiger partial charge in [-0.15, -0.1) is 0 Å². The lowest BCUT2D eigenvalue weighted by atomic mass is 10.1. The Balaban J connectivity index is 2.16. The van der Waals surface area contributed by atoms with Crippen LogP contribution in [-0.2, 0) is 0 Å². The summed E-state index contributed by atoms with van der Waals surface area (Å²) in [5.74, 6) is -0.0184. The maximum absolute atomic E-state index is 12.8. The molecular formula is C17H13N3O2. The zero-order chi connectivity index (χ0) is 15.4. The molecule has 22 heavy (non-hydrogen) atoms. The summed E-state index contributed by atoms with van der Waals surface area (Å²) in [7, 11) is 3.75. The third-order valence-electron chi connectivity index (χ3n) is 3.95. The van der Waals surface area contributed by atoms with Crippen LogP contribution >= 0.6 is 0 Å². The first-order valence-electron chi connectivity index (χ1n) is 6.97. The molecule has 2 aromatic carbocycles. The van der Waals surface area contributed by atoms with Gasteiger partial charge in [-0.1, -0.05) is 18.2 Å². The molecule has 0 radical (unpaired) electrons. The summed E-state index contributed by atoms with van der Waals surface area (Å²) >= 11 is 0. The van der Waals surface area contributed by atoms with Gasteiger partial charge in [0, 0.05) is 19.8 Å². The summed E-state index contributed by atoms with van der Waals surface area (Å²) in [6.07, 6.45) is 0. The summed E-state index contributed by atoms with van der Waals surface area (Å²) in [6.45, 7) is 0. The summed E-state index contributed by atoms with van der Waals surface area (Å²) in [5, 5.41) is 0.516. The van der Waals surface area contributed by atoms with E-state index in [0.29, 0.717) is 22.2 Å². The Morgan fingerprint density at radius 3 is 2.55 bits per heavy atom. The molecular weight excluding hydrogens is 278 g/mol. The minimum Gasteiger partial charge on any atom is -0.377 e. The lowest BCUT2D eigenvalue weighted by Crippen LogP contribution is -2.21. The van der Waals surface area contributed by atoms with E-state index in [1.54, 1.807) is 24.3 Å². The average molecular weight is 291 g/mol. The van der Waals surface area contributed by atoms with E-state index in [2.05, 4.69) is 4.98 Å². The van der Waals surface area contributed by atoms with Crippen molar-refractivity contribution in [1.82, 2.24) is 9.55 Å². The topological polar surface area (TPSA) is 55.2 Å². The minimum atomic E-state index is -0.206. The van der Waals surface area contributed by atoms with Crippen molar-refractivity contribution in [3.8, 4) is 5.69 Å². The van der Waals surface area contributed by atoms with Gasteiger partial charge >= 0.3 is 0 Å². The minimum absolute atomic E-state index is 0.188. The van der Waals surface area contributed by atoms with Crippen LogP contribution in [0, 0.1) is 0 Å². The summed E-state index contributed by atoms with van der Waals surface area (Å²) in [4.78, 5) is 31.8. The molecule has 3 aromatic rings. The molecule has 0 aliphatic carbocycles. The molecule has 108 valence electrons. The number of carbonyl (C=O) groups excluding carboxylic acids is 1. The van der Waals surface area contributed by atoms with E-state index in [-0.39, 0.29) is 17.2 Å². The number of aromatic nitrogens is 2. The molecule has 0 fully saturated rings. The number of benzene rings is 2. The molecule has 0 atom stereocenters. The molecule has 0 unspecified atom stereocenters. The van der Waals surface area contributed by atoms with Crippen molar-refractivity contribution in [3.05, 3.63) is 64.2 Å². The molecule has 2 heterocycles. The number of para-hydroxylation sites is 1. The van der Waals surface area contributed by atoms with E-state index in [1.807, 2.05) is 37.2 Å². The predicted octanol–water partition coefficient (Wildman–Crippen LogP) is 2.00. The molecule has 4 rings (SSSR count). The van der Waals surface area contributed by atoms with Gasteiger partial charge in [-0.3, -0.25) is 14.2 Å². The molecule has 0 amide bonds. The van der Waals surface area contributed by atoms with Crippen LogP contribution < -0.4 is 10.5 Å². The number of hydrogen-bond acceptors (Lipinski definition) is 4. The largest absolute Gasteiger partial charge is 0.377 e. The van der Waals surface area contributed by atoms with Crippen molar-refractivity contribution in [2.24, 2.45) is 0 Å². The molecule has 1 aliphatic heterocycles. The van der Waals surface area contributed by atoms with Crippen molar-refractivity contribution >= 4 is 22.4 Å². The first-order chi connectivity index (χ1) is 10.6. The molecule has 0 bridgehead atoms. The average Bonchev–Trinajstić information content (AvgIpc) is 2.81. The van der Waals surface area contributed by atoms with Gasteiger partial charge in [-0.05, 0) is 24.3 Å². The molecule has 0 spiro atoms. The lowest BCUT2D eigenvalue weighted by molar-refractivity contribution is 0.103. The molecule has 0 saturated heterocycles. The Morgan fingerprint density at radius 2 is 1.77 bits per heavy atom. The molecule has 5 nitrogen and oxygen atoms in total. The summed E-state index contributed by atoms with van der Waals surface area (Å²) in [5.41, 5.74) is 2.27. The van der Waals surface area contributed by atoms with Crippen LogP contribution in [0.3, 0.4) is 0 Å². The quantitative estimate of drug-likeness (QED) is 0.538. The Bertz CT molecular complexity index is 1000. The third kappa shape index (κ3) is 1.50. The summed E-state index contributed by atoms with van der Waals surface area (Å²) < 4.78 is 1.42. The van der Waals surface area contributed by atoms with E-state index >= 15 is 0 Å². The van der Waals surface area contributed by atoms with Crippen LogP contribution in [0.4, 0.5) is 5.69 Å². The number of ketones is 1. The third-order valence-corrected chi connectivity index (χ3v) is 3.95. The van der Waals surface area contributed by atoms with Gasteiger partial charge in [-0.2, -0.15) is 0 Å². The number of anilines is 1. The van der Waals surface area contributed by atoms with Crippen LogP contribution in [0.1, 0.15) is 16.2 Å². The van der Waals surface area contributed by atoms with Crippen molar-refractivity contribution < 1.29 is 4.79 Å². The first-order valence-corrected chi connectivity index (χ1v) is 6.97. The Labute approximate surface area is 126 Å². The van der Waals surface area contributed by atoms with E-state index in [1.165, 1.54) is 4.57 Å². The van der Waals surface area contributed by atoms with Crippen LogP contribution in [0.5, 0.6) is 0 Å². The van der Waals surface area contributed by atoms with E-state index < -0.39 is 0 Å². The van der Waals surface area contributed by atoms with Crippen molar-refractivity contribution in [2.75, 3.05) is 19.0 Å². The van der Waals surface area contributed by atoms with Crippen molar-refractivity contribution in [2.45, 2.75) is 0 Å². The number of nitrogens with zero attached hydrogens (tertiary/aromatic N) is 3. The number of carbonyl (C=O) groups is 1. The maximum Gasteiger partial charge on any atom is 0.266 e. The second-order valence-corrected chi connectivity index (χ2v) is 5.49. The smallest absolute Gasteiger partial charge is 0.266 e. The standard InChI is InChI=1S/C17H13N3O2/c1-19(2)12-8-5-9-13-14(12)15(21)16-18-11-7-4-3-6-10(11)17(22)20(13)16/h3-9H,1-2H3. The Morgan fingerprint density at radius 1 is 1.00 bits per heavy atom. The van der Waals surface area contributed by atoms with Gasteiger partial charge in [0.1, 0.15) is 0 Å². The fraction of sp³-hybridized carbons (Fsp3) is 0.118. The van der Waals surface area contributed by atoms with Gasteiger partial charge in [-0.25, -0.2) is 4.98 Å². The highest BCUT2D eigenvalue weighted by Crippen LogP contribution is 2.32. The van der Waals surface area contributed by atoms with Crippen molar-refractivity contribution in [1.29, 1.82) is 0 Å². The molecule has 0 N–H and O–H groups in total. The number of fused-ring (bicyclic) bond motifs is 4. The SMILES string of the molecule is CN(C)c1cccc2c1C(=O)c1nc3ccccc3c(=O)n1-2. The van der Waals surface area contributed by atoms with Gasteiger partial charge in [0.25, 0.3) is 5.56 Å². The molecule has 5 heteroatoms. The fourth-order valence-electron chi connectivity index (χ4n) is 2.94. The zero-order valence-corrected chi connectivity index (χ0v) is 12.2. The van der Waals surface area contributed by atoms with Gasteiger partial charge in [0.15, 0.2) is 5.82 Å². The van der Waals surface area contributed by atoms with Crippen LogP contribution in [0.2, 0.25) is 0 Å². The van der Waals surface area contributed by atoms with Gasteiger partial charge in [0.2, 0.25) is 5.78 Å². The molecule has 0 saturated carbocycles. The first kappa shape index (κ1) is 12.8. The van der Waals surface area contributed by atoms with Gasteiger partial charge in [0.05, 0.1) is 22.2 Å². The van der Waals surface area contributed by atoms with E-state index in [9.17, 15) is 9.59 Å². The monoisotopic (exact) mass is 291 g/mol. The van der Waals surface area contributed by atoms with Crippen LogP contribution in [-0.4, -0.2) is 29.4 Å². The van der Waals surface area contributed by atoms with Crippen LogP contribution in [0.25, 0.3) is 16.6 Å². The molecule has 1 aromatic heterocycles. The number of rotatable bonds is 1. The van der Waals surface area contributed by atoms with E-state index in [0.717, 1.165) is 5.69 Å². The maximum atomic E-state index is 12.8. The highest BCUT2D eigenvalue weighted by atomic mass is 16.1.